The maximum absolute atomic E-state index is 15.1. The van der Waals surface area contributed by atoms with E-state index in [9.17, 15) is 9.59 Å². The molecule has 0 unspecified atom stereocenters. The molecule has 0 aromatic heterocycles. The van der Waals surface area contributed by atoms with Crippen LogP contribution in [0.2, 0.25) is 0 Å². The highest BCUT2D eigenvalue weighted by Gasteiger charge is 2.43. The van der Waals surface area contributed by atoms with E-state index in [2.05, 4.69) is 5.32 Å². The number of methoxy groups -OCH3 is 1. The fourth-order valence-electron chi connectivity index (χ4n) is 5.77. The van der Waals surface area contributed by atoms with Crippen LogP contribution in [0.5, 0.6) is 5.75 Å². The molecule has 2 aromatic carbocycles. The van der Waals surface area contributed by atoms with E-state index >= 15 is 4.39 Å². The van der Waals surface area contributed by atoms with Gasteiger partial charge in [-0.15, -0.1) is 0 Å². The quantitative estimate of drug-likeness (QED) is 0.564. The number of allylic oxidation sites excluding steroid dienone is 3. The topological polar surface area (TPSA) is 64.6 Å². The number of ketones is 1. The van der Waals surface area contributed by atoms with E-state index in [-0.39, 0.29) is 24.2 Å². The number of Topliss-reactive ketones (excluding diaryl/α,β-unsaturated/α-hetero) is 1. The Hall–Kier alpha value is -3.41. The number of nitrogens with one attached hydrogen (secondary N) is 1. The molecule has 0 amide bonds. The molecule has 1 fully saturated rings. The zero-order valence-corrected chi connectivity index (χ0v) is 20.1. The van der Waals surface area contributed by atoms with Crippen LogP contribution in [0.4, 0.5) is 4.39 Å². The minimum Gasteiger partial charge on any atom is -0.496 e. The number of esters is 1. The van der Waals surface area contributed by atoms with Gasteiger partial charge in [0.25, 0.3) is 0 Å². The van der Waals surface area contributed by atoms with Crippen molar-refractivity contribution in [1.82, 2.24) is 5.32 Å². The van der Waals surface area contributed by atoms with Crippen LogP contribution >= 0.6 is 0 Å². The van der Waals surface area contributed by atoms with Gasteiger partial charge >= 0.3 is 5.97 Å². The average Bonchev–Trinajstić information content (AvgIpc) is 3.36. The van der Waals surface area contributed by atoms with Crippen molar-refractivity contribution < 1.29 is 23.5 Å². The second-order valence-corrected chi connectivity index (χ2v) is 9.59. The first-order valence-corrected chi connectivity index (χ1v) is 12.3. The van der Waals surface area contributed by atoms with E-state index in [0.29, 0.717) is 28.8 Å². The van der Waals surface area contributed by atoms with Gasteiger partial charge in [-0.2, -0.15) is 0 Å². The van der Waals surface area contributed by atoms with Crippen molar-refractivity contribution in [1.29, 1.82) is 0 Å². The Morgan fingerprint density at radius 2 is 1.69 bits per heavy atom. The summed E-state index contributed by atoms with van der Waals surface area (Å²) in [5, 5.41) is 3.34. The molecule has 2 aliphatic carbocycles. The normalized spacial score (nSPS) is 22.7. The van der Waals surface area contributed by atoms with Gasteiger partial charge in [0.1, 0.15) is 17.7 Å². The van der Waals surface area contributed by atoms with Crippen LogP contribution in [0.25, 0.3) is 0 Å². The molecule has 0 saturated heterocycles. The Morgan fingerprint density at radius 3 is 2.40 bits per heavy atom. The minimum absolute atomic E-state index is 0.0778. The van der Waals surface area contributed by atoms with Crippen molar-refractivity contribution in [3.05, 3.63) is 88.0 Å². The number of rotatable bonds is 5. The predicted octanol–water partition coefficient (Wildman–Crippen LogP) is 5.68. The number of halogens is 1. The van der Waals surface area contributed by atoms with Crippen molar-refractivity contribution in [2.75, 3.05) is 7.11 Å². The van der Waals surface area contributed by atoms with Crippen LogP contribution in [0.1, 0.15) is 68.4 Å². The molecule has 3 aliphatic rings. The molecule has 2 atom stereocenters. The van der Waals surface area contributed by atoms with Crippen LogP contribution in [-0.2, 0) is 14.3 Å². The monoisotopic (exact) mass is 475 g/mol. The number of hydrogen-bond acceptors (Lipinski definition) is 5. The third kappa shape index (κ3) is 4.38. The van der Waals surface area contributed by atoms with Crippen LogP contribution in [0, 0.1) is 5.82 Å². The second-order valence-electron chi connectivity index (χ2n) is 9.59. The van der Waals surface area contributed by atoms with Crippen molar-refractivity contribution in [3.8, 4) is 5.75 Å². The standard InChI is InChI=1S/C29H30FNO4/c1-17-26(29(33)35-19-9-3-4-10-19)27(21-12-5-7-13-22(21)30)28-23(31-17)15-18(16-24(28)32)20-11-6-8-14-25(20)34-2/h5-8,11-14,18-19,27,31H,3-4,9-10,15-16H2,1-2H3/t18-,27+/m0/s1. The lowest BCUT2D eigenvalue weighted by Gasteiger charge is -2.37. The molecular weight excluding hydrogens is 445 g/mol. The zero-order chi connectivity index (χ0) is 24.5. The summed E-state index contributed by atoms with van der Waals surface area (Å²) in [6.07, 6.45) is 4.43. The number of hydrogen-bond donors (Lipinski definition) is 1. The largest absolute Gasteiger partial charge is 0.496 e. The second kappa shape index (κ2) is 9.68. The predicted molar refractivity (Wildman–Crippen MR) is 130 cm³/mol. The van der Waals surface area contributed by atoms with Crippen molar-refractivity contribution in [2.45, 2.75) is 63.4 Å². The van der Waals surface area contributed by atoms with Gasteiger partial charge in [0.05, 0.1) is 18.6 Å². The molecule has 0 radical (unpaired) electrons. The Bertz CT molecular complexity index is 1220. The zero-order valence-electron chi connectivity index (χ0n) is 20.1. The molecule has 0 bridgehead atoms. The number of carbonyl (C=O) groups is 2. The third-order valence-corrected chi connectivity index (χ3v) is 7.42. The Labute approximate surface area is 205 Å². The van der Waals surface area contributed by atoms with E-state index < -0.39 is 17.7 Å². The van der Waals surface area contributed by atoms with Crippen LogP contribution < -0.4 is 10.1 Å². The molecule has 5 nitrogen and oxygen atoms in total. The van der Waals surface area contributed by atoms with Gasteiger partial charge in [0, 0.05) is 34.9 Å². The van der Waals surface area contributed by atoms with Crippen LogP contribution in [0.3, 0.4) is 0 Å². The minimum atomic E-state index is -0.799. The van der Waals surface area contributed by atoms with Gasteiger partial charge < -0.3 is 14.8 Å². The number of para-hydroxylation sites is 1. The summed E-state index contributed by atoms with van der Waals surface area (Å²) in [4.78, 5) is 27.1. The molecule has 182 valence electrons. The first-order valence-electron chi connectivity index (χ1n) is 12.3. The maximum Gasteiger partial charge on any atom is 0.337 e. The highest BCUT2D eigenvalue weighted by Crippen LogP contribution is 2.47. The first-order chi connectivity index (χ1) is 17.0. The fraction of sp³-hybridized carbons (Fsp3) is 0.379. The lowest BCUT2D eigenvalue weighted by atomic mass is 9.71. The van der Waals surface area contributed by atoms with Gasteiger partial charge in [0.15, 0.2) is 5.78 Å². The number of benzene rings is 2. The molecule has 6 heteroatoms. The van der Waals surface area contributed by atoms with E-state index in [0.717, 1.165) is 42.7 Å². The highest BCUT2D eigenvalue weighted by atomic mass is 19.1. The molecule has 2 aromatic rings. The maximum atomic E-state index is 15.1. The van der Waals surface area contributed by atoms with Gasteiger partial charge in [-0.1, -0.05) is 36.4 Å². The molecule has 5 rings (SSSR count). The number of carbonyl (C=O) groups excluding carboxylic acids is 2. The van der Waals surface area contributed by atoms with Crippen LogP contribution in [0.15, 0.2) is 71.1 Å². The molecular formula is C29H30FNO4. The molecule has 1 heterocycles. The fourth-order valence-corrected chi connectivity index (χ4v) is 5.77. The molecule has 1 aliphatic heterocycles. The first kappa shape index (κ1) is 23.3. The summed E-state index contributed by atoms with van der Waals surface area (Å²) in [7, 11) is 1.62. The van der Waals surface area contributed by atoms with Gasteiger partial charge in [0.2, 0.25) is 0 Å². The smallest absolute Gasteiger partial charge is 0.337 e. The lowest BCUT2D eigenvalue weighted by Crippen LogP contribution is -2.37. The Kier molecular flexibility index (Phi) is 6.46. The summed E-state index contributed by atoms with van der Waals surface area (Å²) in [6, 6.07) is 14.1. The number of dihydropyridines is 1. The lowest BCUT2D eigenvalue weighted by molar-refractivity contribution is -0.144. The van der Waals surface area contributed by atoms with E-state index in [4.69, 9.17) is 9.47 Å². The molecule has 0 spiro atoms. The Morgan fingerprint density at radius 1 is 1.00 bits per heavy atom. The van der Waals surface area contributed by atoms with Gasteiger partial charge in [-0.3, -0.25) is 4.79 Å². The molecule has 1 saturated carbocycles. The molecule has 35 heavy (non-hydrogen) atoms. The average molecular weight is 476 g/mol. The SMILES string of the molecule is COc1ccccc1[C@@H]1CC(=O)C2=C(C1)NC(C)=C(C(=O)OC1CCCC1)[C@H]2c1ccccc1F. The van der Waals surface area contributed by atoms with Gasteiger partial charge in [-0.05, 0) is 56.7 Å². The van der Waals surface area contributed by atoms with E-state index in [1.165, 1.54) is 6.07 Å². The van der Waals surface area contributed by atoms with Gasteiger partial charge in [-0.25, -0.2) is 9.18 Å². The van der Waals surface area contributed by atoms with E-state index in [1.54, 1.807) is 32.2 Å². The Balaban J connectivity index is 1.56. The summed E-state index contributed by atoms with van der Waals surface area (Å²) in [6.45, 7) is 1.81. The summed E-state index contributed by atoms with van der Waals surface area (Å²) in [5.74, 6) is -1.14. The highest BCUT2D eigenvalue weighted by molar-refractivity contribution is 6.04. The van der Waals surface area contributed by atoms with E-state index in [1.807, 2.05) is 24.3 Å². The third-order valence-electron chi connectivity index (χ3n) is 7.42. The summed E-state index contributed by atoms with van der Waals surface area (Å²) in [5.41, 5.74) is 3.42. The number of ether oxygens (including phenoxy) is 2. The summed E-state index contributed by atoms with van der Waals surface area (Å²) >= 11 is 0. The summed E-state index contributed by atoms with van der Waals surface area (Å²) < 4.78 is 26.5. The van der Waals surface area contributed by atoms with Crippen LogP contribution in [-0.4, -0.2) is 25.0 Å². The van der Waals surface area contributed by atoms with Crippen molar-refractivity contribution >= 4 is 11.8 Å². The molecule has 1 N–H and O–H groups in total. The van der Waals surface area contributed by atoms with Crippen molar-refractivity contribution in [2.24, 2.45) is 0 Å². The van der Waals surface area contributed by atoms with Crippen molar-refractivity contribution in [3.63, 3.8) is 0 Å².